The van der Waals surface area contributed by atoms with Crippen molar-refractivity contribution >= 4 is 220 Å². The number of phenolic OH excluding ortho intramolecular Hbond substituents is 3. The van der Waals surface area contributed by atoms with Gasteiger partial charge in [0.2, 0.25) is 50.9 Å². The number of anilines is 8. The maximum Gasteiger partial charge on any atom is 0.296 e. The Hall–Kier alpha value is -11.6. The van der Waals surface area contributed by atoms with E-state index in [-0.39, 0.29) is 135 Å². The molecule has 2 aliphatic heterocycles. The number of hydrogen-bond acceptors (Lipinski definition) is 39. The number of piperazine rings is 2. The first-order chi connectivity index (χ1) is 59.8. The van der Waals surface area contributed by atoms with Crippen molar-refractivity contribution in [3.05, 3.63) is 165 Å². The molecule has 45 nitrogen and oxygen atoms in total. The lowest BCUT2D eigenvalue weighted by Crippen LogP contribution is -2.48. The minimum absolute atomic E-state index is 0.0164. The highest BCUT2D eigenvalue weighted by atomic mass is 35.5. The van der Waals surface area contributed by atoms with E-state index in [0.717, 1.165) is 93.9 Å². The fourth-order valence-corrected chi connectivity index (χ4v) is 17.3. The molecule has 2 saturated heterocycles. The third kappa shape index (κ3) is 23.6. The zero-order valence-corrected chi connectivity index (χ0v) is 73.5. The molecule has 0 spiro atoms. The number of aromatic hydroxyl groups is 3. The Labute approximate surface area is 741 Å². The monoisotopic (exact) mass is 1940 g/mol. The summed E-state index contributed by atoms with van der Waals surface area (Å²) in [5.41, 5.74) is 4.55. The standard InChI is InChI=1S/C46H41Cl2N15O14S4.C20H14Cl2N6O7S2.C6H15N3/c1-23-17-25-21-34(81(75,76)77)38(61-59-29-8-4-6-10-33(29)80(72,73)74)40(65)35(25)30(18-23)50-44-53-41(47)52-43(56-44)49-11-12-62-13-15-63(16-14-62)46-55-42(48)54-45(57-46)51-31-22-27(78(66,67)68)20-26-19-24(2)37(39(64)36(26)31)60-58-28-7-3-5-9-32(28)79(69,70)71;1-9-6-10-7-11(36(30,31)32)8-13(23-20-25-18(21)24-19(22)26-20)15(10)17(29)16(9)28-27-12-4-2-3-5-14(12)37(33,34)35;7-1-4-9-5-2-8-3-6-9/h3-10,17-22,64-65H,11-16H2,1-2H3,(H,66,67,68)(H,69,70,71)(H,72,73,74)(H,75,76,77)(H,51,54,55,57)(H2,49,50,52,53,56);2-8,29H,1H3,(H,30,31,32)(H,33,34,35)(H,23,24,25,26);8H,1-7H2. The van der Waals surface area contributed by atoms with E-state index in [1.54, 1.807) is 13.0 Å². The summed E-state index contributed by atoms with van der Waals surface area (Å²) in [5, 5.41) is 72.0. The summed E-state index contributed by atoms with van der Waals surface area (Å²) in [5.74, 6) is -2.16. The normalized spacial score (nSPS) is 14.0. The molecule has 0 bridgehead atoms. The minimum atomic E-state index is -5.08. The molecule has 12 aromatic rings. The van der Waals surface area contributed by atoms with Gasteiger partial charge in [-0.2, -0.15) is 95.4 Å². The van der Waals surface area contributed by atoms with Crippen molar-refractivity contribution in [3.63, 3.8) is 0 Å². The van der Waals surface area contributed by atoms with Crippen LogP contribution in [-0.4, -0.2) is 226 Å². The molecule has 5 heterocycles. The van der Waals surface area contributed by atoms with Gasteiger partial charge in [-0.3, -0.25) is 37.1 Å². The number of rotatable bonds is 25. The molecule has 0 saturated carbocycles. The molecule has 9 aromatic carbocycles. The lowest BCUT2D eigenvalue weighted by atomic mass is 10.0. The maximum atomic E-state index is 12.6. The Bertz CT molecular complexity index is 7160. The second-order valence-electron chi connectivity index (χ2n) is 27.4. The van der Waals surface area contributed by atoms with Crippen LogP contribution in [-0.2, 0) is 60.7 Å². The second-order valence-corrected chi connectivity index (χ2v) is 37.2. The van der Waals surface area contributed by atoms with Crippen LogP contribution in [0.15, 0.2) is 187 Å². The zero-order chi connectivity index (χ0) is 92.0. The zero-order valence-electron chi connectivity index (χ0n) is 65.6. The Morgan fingerprint density at radius 1 is 0.394 bits per heavy atom. The molecule has 127 heavy (non-hydrogen) atoms. The van der Waals surface area contributed by atoms with Crippen molar-refractivity contribution in [1.82, 2.24) is 60.0 Å². The van der Waals surface area contributed by atoms with Crippen LogP contribution in [0.5, 0.6) is 17.2 Å². The number of fused-ring (bicyclic) bond motifs is 3. The number of nitrogens with one attached hydrogen (secondary N) is 5. The van der Waals surface area contributed by atoms with Crippen LogP contribution in [0.2, 0.25) is 21.1 Å². The molecular weight excluding hydrogens is 1870 g/mol. The van der Waals surface area contributed by atoms with E-state index in [1.807, 2.05) is 4.90 Å². The summed E-state index contributed by atoms with van der Waals surface area (Å²) >= 11 is 24.3. The summed E-state index contributed by atoms with van der Waals surface area (Å²) in [7, 11) is -28.7. The number of nitrogens with two attached hydrogens (primary N) is 1. The number of aromatic nitrogens is 9. The second kappa shape index (κ2) is 39.0. The van der Waals surface area contributed by atoms with Gasteiger partial charge in [-0.15, -0.1) is 30.7 Å². The highest BCUT2D eigenvalue weighted by molar-refractivity contribution is 7.87. The summed E-state index contributed by atoms with van der Waals surface area (Å²) < 4.78 is 204. The molecule has 0 amide bonds. The van der Waals surface area contributed by atoms with E-state index < -0.39 is 119 Å². The molecule has 2 fully saturated rings. The predicted octanol–water partition coefficient (Wildman–Crippen LogP) is 12.1. The smallest absolute Gasteiger partial charge is 0.296 e. The Morgan fingerprint density at radius 2 is 0.764 bits per heavy atom. The van der Waals surface area contributed by atoms with Gasteiger partial charge in [0.05, 0.1) is 26.9 Å². The van der Waals surface area contributed by atoms with Gasteiger partial charge in [0.25, 0.3) is 60.7 Å². The molecule has 3 aromatic heterocycles. The summed E-state index contributed by atoms with van der Waals surface area (Å²) in [4.78, 5) is 39.6. The first kappa shape index (κ1) is 94.6. The molecule has 55 heteroatoms. The van der Waals surface area contributed by atoms with Gasteiger partial charge >= 0.3 is 0 Å². The average molecular weight is 1940 g/mol. The van der Waals surface area contributed by atoms with Gasteiger partial charge in [-0.05, 0) is 185 Å². The van der Waals surface area contributed by atoms with Crippen molar-refractivity contribution in [2.75, 3.05) is 105 Å². The molecule has 0 aliphatic carbocycles. The highest BCUT2D eigenvalue weighted by Gasteiger charge is 2.29. The van der Waals surface area contributed by atoms with Crippen LogP contribution < -0.4 is 37.2 Å². The molecule has 0 radical (unpaired) electrons. The quantitative estimate of drug-likeness (QED) is 0.0187. The number of azo groups is 3. The number of aryl methyl sites for hydroxylation is 3. The van der Waals surface area contributed by atoms with Crippen LogP contribution in [0.1, 0.15) is 16.7 Å². The van der Waals surface area contributed by atoms with Crippen LogP contribution in [0.25, 0.3) is 32.3 Å². The summed E-state index contributed by atoms with van der Waals surface area (Å²) in [6.45, 7) is 13.6. The van der Waals surface area contributed by atoms with Gasteiger partial charge < -0.3 is 52.5 Å². The van der Waals surface area contributed by atoms with Crippen LogP contribution in [0.4, 0.5) is 80.9 Å². The van der Waals surface area contributed by atoms with Crippen molar-refractivity contribution < 1.29 is 93.1 Å². The molecule has 2 aliphatic rings. The number of halogens is 4. The molecular formula is C72H70Cl4N24O21S6. The van der Waals surface area contributed by atoms with E-state index in [4.69, 9.17) is 52.1 Å². The van der Waals surface area contributed by atoms with Crippen molar-refractivity contribution in [2.45, 2.75) is 50.1 Å². The molecule has 0 unspecified atom stereocenters. The van der Waals surface area contributed by atoms with Crippen LogP contribution in [0, 0.1) is 20.8 Å². The summed E-state index contributed by atoms with van der Waals surface area (Å²) in [6, 6.07) is 26.6. The fourth-order valence-electron chi connectivity index (χ4n) is 13.0. The fraction of sp³-hybridized carbons (Fsp3) is 0.208. The number of phenols is 3. The number of benzene rings is 9. The van der Waals surface area contributed by atoms with Gasteiger partial charge in [0, 0.05) is 94.7 Å². The van der Waals surface area contributed by atoms with Gasteiger partial charge in [0.15, 0.2) is 17.2 Å². The number of hydrogen-bond donors (Lipinski definition) is 15. The predicted molar refractivity (Wildman–Crippen MR) is 467 cm³/mol. The Balaban J connectivity index is 0.000000261. The average Bonchev–Trinajstić information content (AvgIpc) is 0.767. The topological polar surface area (TPSA) is 673 Å². The van der Waals surface area contributed by atoms with Crippen LogP contribution >= 0.6 is 46.4 Å². The van der Waals surface area contributed by atoms with E-state index in [2.05, 4.69) is 112 Å². The van der Waals surface area contributed by atoms with Gasteiger partial charge in [0.1, 0.15) is 53.7 Å². The maximum absolute atomic E-state index is 12.6. The lowest BCUT2D eigenvalue weighted by Gasteiger charge is -2.34. The number of nitrogens with zero attached hydrogens (tertiary/aromatic N) is 18. The van der Waals surface area contributed by atoms with E-state index >= 15 is 0 Å². The molecule has 14 rings (SSSR count). The molecule has 0 atom stereocenters. The highest BCUT2D eigenvalue weighted by Crippen LogP contribution is 2.49. The first-order valence-corrected chi connectivity index (χ1v) is 46.8. The van der Waals surface area contributed by atoms with E-state index in [0.29, 0.717) is 43.9 Å². The van der Waals surface area contributed by atoms with Crippen molar-refractivity contribution in [1.29, 1.82) is 0 Å². The summed E-state index contributed by atoms with van der Waals surface area (Å²) in [6.07, 6.45) is 0. The van der Waals surface area contributed by atoms with Gasteiger partial charge in [-0.25, -0.2) is 0 Å². The third-order valence-electron chi connectivity index (χ3n) is 18.6. The lowest BCUT2D eigenvalue weighted by molar-refractivity contribution is 0.247. The Kier molecular flexibility index (Phi) is 29.0. The Morgan fingerprint density at radius 3 is 1.20 bits per heavy atom. The largest absolute Gasteiger partial charge is 0.505 e. The van der Waals surface area contributed by atoms with Crippen molar-refractivity contribution in [3.8, 4) is 17.2 Å². The van der Waals surface area contributed by atoms with E-state index in [1.165, 1.54) is 80.6 Å². The molecule has 16 N–H and O–H groups in total. The minimum Gasteiger partial charge on any atom is -0.505 e. The van der Waals surface area contributed by atoms with Crippen LogP contribution in [0.3, 0.4) is 0 Å². The van der Waals surface area contributed by atoms with Gasteiger partial charge in [-0.1, -0.05) is 42.5 Å². The molecule has 668 valence electrons. The SMILES string of the molecule is Cc1cc(Nc2nc(Cl)nc(NCCN3CCN(c4nc(Cl)nc(Nc5cc(S(=O)(=O)O)cc6cc(C)c(N=Nc7ccccc7S(=O)(=O)O)c(O)c56)n4)CC3)n2)c2c(O)c(N=Nc3ccccc3S(=O)(=O)O)c(S(=O)(=O)O)cc2c1.Cc1cc2cc(S(=O)(=O)O)cc(Nc3nc(Cl)nc(Cl)n3)c2c(O)c1N=Nc1ccccc1S(=O)(=O)O.NCCN1CCNCC1. The van der Waals surface area contributed by atoms with Crippen molar-refractivity contribution in [2.24, 2.45) is 36.4 Å². The first-order valence-electron chi connectivity index (χ1n) is 36.6. The van der Waals surface area contributed by atoms with E-state index in [9.17, 15) is 93.1 Å². The third-order valence-corrected chi connectivity index (χ3v) is 24.5.